The number of nitrogen functional groups attached to an aromatic ring is 1. The van der Waals surface area contributed by atoms with Crippen molar-refractivity contribution in [1.82, 2.24) is 9.97 Å². The third-order valence-electron chi connectivity index (χ3n) is 3.02. The monoisotopic (exact) mass is 273 g/mol. The minimum atomic E-state index is -0.332. The molecule has 0 unspecified atom stereocenters. The van der Waals surface area contributed by atoms with E-state index in [1.165, 1.54) is 17.7 Å². The Kier molecular flexibility index (Phi) is 2.91. The van der Waals surface area contributed by atoms with E-state index >= 15 is 0 Å². The Morgan fingerprint density at radius 2 is 2.11 bits per heavy atom. The van der Waals surface area contributed by atoms with Gasteiger partial charge in [-0.3, -0.25) is 0 Å². The molecule has 2 aromatic heterocycles. The fraction of sp³-hybridized carbons (Fsp3) is 0.143. The van der Waals surface area contributed by atoms with Gasteiger partial charge in [-0.15, -0.1) is 11.3 Å². The summed E-state index contributed by atoms with van der Waals surface area (Å²) >= 11 is 1.59. The SMILES string of the molecule is CCc1ccsc1-c1nc(N)c2cc(F)ccc2n1. The van der Waals surface area contributed by atoms with E-state index in [0.29, 0.717) is 22.5 Å². The van der Waals surface area contributed by atoms with Gasteiger partial charge in [-0.2, -0.15) is 0 Å². The first-order chi connectivity index (χ1) is 9.19. The Hall–Kier alpha value is -2.01. The van der Waals surface area contributed by atoms with Crippen LogP contribution in [0.15, 0.2) is 29.6 Å². The van der Waals surface area contributed by atoms with Crippen LogP contribution in [0.2, 0.25) is 0 Å². The van der Waals surface area contributed by atoms with Gasteiger partial charge in [0.05, 0.1) is 10.4 Å². The van der Waals surface area contributed by atoms with Crippen LogP contribution in [0.3, 0.4) is 0 Å². The molecule has 0 saturated carbocycles. The average molecular weight is 273 g/mol. The zero-order chi connectivity index (χ0) is 13.4. The van der Waals surface area contributed by atoms with E-state index in [0.717, 1.165) is 11.3 Å². The third-order valence-corrected chi connectivity index (χ3v) is 3.97. The molecule has 1 aromatic carbocycles. The van der Waals surface area contributed by atoms with Crippen LogP contribution in [0.4, 0.5) is 10.2 Å². The van der Waals surface area contributed by atoms with Crippen molar-refractivity contribution in [3.05, 3.63) is 41.0 Å². The van der Waals surface area contributed by atoms with E-state index in [-0.39, 0.29) is 5.82 Å². The summed E-state index contributed by atoms with van der Waals surface area (Å²) in [4.78, 5) is 9.81. The zero-order valence-corrected chi connectivity index (χ0v) is 11.2. The molecule has 0 aliphatic rings. The lowest BCUT2D eigenvalue weighted by Gasteiger charge is -2.05. The first-order valence-electron chi connectivity index (χ1n) is 5.98. The molecule has 0 radical (unpaired) electrons. The molecule has 0 amide bonds. The van der Waals surface area contributed by atoms with Crippen LogP contribution in [0.25, 0.3) is 21.6 Å². The van der Waals surface area contributed by atoms with Gasteiger partial charge in [-0.1, -0.05) is 6.92 Å². The summed E-state index contributed by atoms with van der Waals surface area (Å²) < 4.78 is 13.2. The first kappa shape index (κ1) is 12.0. The molecule has 3 aromatic rings. The number of hydrogen-bond donors (Lipinski definition) is 1. The van der Waals surface area contributed by atoms with Crippen molar-refractivity contribution < 1.29 is 4.39 Å². The highest BCUT2D eigenvalue weighted by molar-refractivity contribution is 7.13. The van der Waals surface area contributed by atoms with Crippen molar-refractivity contribution in [1.29, 1.82) is 0 Å². The van der Waals surface area contributed by atoms with Crippen molar-refractivity contribution in [2.75, 3.05) is 5.73 Å². The molecule has 3 rings (SSSR count). The van der Waals surface area contributed by atoms with Gasteiger partial charge in [0.15, 0.2) is 5.82 Å². The molecule has 2 N–H and O–H groups in total. The predicted octanol–water partition coefficient (Wildman–Crippen LogP) is 3.64. The summed E-state index contributed by atoms with van der Waals surface area (Å²) in [6.07, 6.45) is 0.920. The Balaban J connectivity index is 2.24. The molecule has 0 atom stereocenters. The number of fused-ring (bicyclic) bond motifs is 1. The van der Waals surface area contributed by atoms with E-state index in [9.17, 15) is 4.39 Å². The number of benzene rings is 1. The number of halogens is 1. The molecule has 2 heterocycles. The minimum Gasteiger partial charge on any atom is -0.383 e. The average Bonchev–Trinajstić information content (AvgIpc) is 2.87. The second-order valence-corrected chi connectivity index (χ2v) is 5.14. The molecule has 3 nitrogen and oxygen atoms in total. The molecule has 5 heteroatoms. The highest BCUT2D eigenvalue weighted by atomic mass is 32.1. The topological polar surface area (TPSA) is 51.8 Å². The summed E-state index contributed by atoms with van der Waals surface area (Å²) in [5.41, 5.74) is 7.78. The maximum absolute atomic E-state index is 13.2. The van der Waals surface area contributed by atoms with Crippen LogP contribution in [0.5, 0.6) is 0 Å². The predicted molar refractivity (Wildman–Crippen MR) is 76.6 cm³/mol. The number of nitrogens with zero attached hydrogens (tertiary/aromatic N) is 2. The van der Waals surface area contributed by atoms with Crippen LogP contribution in [-0.2, 0) is 6.42 Å². The molecule has 0 saturated heterocycles. The van der Waals surface area contributed by atoms with Gasteiger partial charge in [0.25, 0.3) is 0 Å². The van der Waals surface area contributed by atoms with Gasteiger partial charge in [-0.05, 0) is 41.6 Å². The largest absolute Gasteiger partial charge is 0.383 e. The maximum atomic E-state index is 13.2. The second-order valence-electron chi connectivity index (χ2n) is 4.22. The highest BCUT2D eigenvalue weighted by Gasteiger charge is 2.12. The number of hydrogen-bond acceptors (Lipinski definition) is 4. The number of anilines is 1. The summed E-state index contributed by atoms with van der Waals surface area (Å²) in [5.74, 6) is 0.597. The normalized spacial score (nSPS) is 11.1. The Morgan fingerprint density at radius 3 is 2.89 bits per heavy atom. The standard InChI is InChI=1S/C14H12FN3S/c1-2-8-5-6-19-12(8)14-17-11-4-3-9(15)7-10(11)13(16)18-14/h3-7H,2H2,1H3,(H2,16,17,18). The molecule has 0 spiro atoms. The minimum absolute atomic E-state index is 0.315. The molecule has 0 aliphatic carbocycles. The van der Waals surface area contributed by atoms with Crippen LogP contribution < -0.4 is 5.73 Å². The quantitative estimate of drug-likeness (QED) is 0.775. The van der Waals surface area contributed by atoms with Crippen LogP contribution in [-0.4, -0.2) is 9.97 Å². The van der Waals surface area contributed by atoms with E-state index < -0.39 is 0 Å². The Bertz CT molecular complexity index is 752. The molecule has 96 valence electrons. The van der Waals surface area contributed by atoms with Crippen LogP contribution in [0, 0.1) is 5.82 Å². The summed E-state index contributed by atoms with van der Waals surface area (Å²) in [6.45, 7) is 2.09. The number of aryl methyl sites for hydroxylation is 1. The van der Waals surface area contributed by atoms with Gasteiger partial charge in [-0.25, -0.2) is 14.4 Å². The van der Waals surface area contributed by atoms with Gasteiger partial charge in [0.1, 0.15) is 11.6 Å². The van der Waals surface area contributed by atoms with Gasteiger partial charge in [0, 0.05) is 5.39 Å². The fourth-order valence-corrected chi connectivity index (χ4v) is 2.97. The van der Waals surface area contributed by atoms with Crippen molar-refractivity contribution in [3.8, 4) is 10.7 Å². The second kappa shape index (κ2) is 4.59. The molecule has 19 heavy (non-hydrogen) atoms. The Labute approximate surface area is 113 Å². The van der Waals surface area contributed by atoms with Gasteiger partial charge >= 0.3 is 0 Å². The van der Waals surface area contributed by atoms with Crippen molar-refractivity contribution in [2.24, 2.45) is 0 Å². The number of rotatable bonds is 2. The lowest BCUT2D eigenvalue weighted by atomic mass is 10.2. The lowest BCUT2D eigenvalue weighted by molar-refractivity contribution is 0.629. The molecule has 0 aliphatic heterocycles. The number of aromatic nitrogens is 2. The fourth-order valence-electron chi connectivity index (χ4n) is 2.04. The van der Waals surface area contributed by atoms with Gasteiger partial charge in [0.2, 0.25) is 0 Å². The number of thiophene rings is 1. The molecule has 0 fully saturated rings. The maximum Gasteiger partial charge on any atom is 0.172 e. The summed E-state index contributed by atoms with van der Waals surface area (Å²) in [6, 6.07) is 6.44. The van der Waals surface area contributed by atoms with E-state index in [1.807, 2.05) is 5.38 Å². The Morgan fingerprint density at radius 1 is 1.26 bits per heavy atom. The van der Waals surface area contributed by atoms with Crippen molar-refractivity contribution in [3.63, 3.8) is 0 Å². The molecular weight excluding hydrogens is 261 g/mol. The third kappa shape index (κ3) is 2.06. The van der Waals surface area contributed by atoms with E-state index in [2.05, 4.69) is 23.0 Å². The number of nitrogens with two attached hydrogens (primary N) is 1. The van der Waals surface area contributed by atoms with Crippen molar-refractivity contribution in [2.45, 2.75) is 13.3 Å². The lowest BCUT2D eigenvalue weighted by Crippen LogP contribution is -1.98. The molecular formula is C14H12FN3S. The summed E-state index contributed by atoms with van der Waals surface area (Å²) in [5, 5.41) is 2.57. The summed E-state index contributed by atoms with van der Waals surface area (Å²) in [7, 11) is 0. The van der Waals surface area contributed by atoms with E-state index in [1.54, 1.807) is 17.4 Å². The van der Waals surface area contributed by atoms with Crippen molar-refractivity contribution >= 4 is 28.1 Å². The molecule has 0 bridgehead atoms. The highest BCUT2D eigenvalue weighted by Crippen LogP contribution is 2.30. The van der Waals surface area contributed by atoms with E-state index in [4.69, 9.17) is 5.73 Å². The smallest absolute Gasteiger partial charge is 0.172 e. The van der Waals surface area contributed by atoms with Crippen LogP contribution >= 0.6 is 11.3 Å². The van der Waals surface area contributed by atoms with Gasteiger partial charge < -0.3 is 5.73 Å². The zero-order valence-electron chi connectivity index (χ0n) is 10.4. The first-order valence-corrected chi connectivity index (χ1v) is 6.86. The van der Waals surface area contributed by atoms with Crippen LogP contribution in [0.1, 0.15) is 12.5 Å².